The molecule has 3 aromatic rings. The standard InChI is InChI=1S/C23H30N4OS/c1-18(2)27-20-8-4-3-7-19(20)25-21(27)9-12-24-22(28)17-23(10-15-29-16-11-23)26-13-5-6-14-26/h3-8,13-14,18H,9-12,15-17H2,1-2H3,(H,24,28). The molecule has 1 N–H and O–H groups in total. The van der Waals surface area contributed by atoms with Crippen LogP contribution in [0.25, 0.3) is 11.0 Å². The maximum Gasteiger partial charge on any atom is 0.222 e. The highest BCUT2D eigenvalue weighted by Gasteiger charge is 2.35. The Labute approximate surface area is 176 Å². The number of hydrogen-bond donors (Lipinski definition) is 1. The Balaban J connectivity index is 1.41. The summed E-state index contributed by atoms with van der Waals surface area (Å²) in [7, 11) is 0. The molecule has 154 valence electrons. The van der Waals surface area contributed by atoms with Crippen molar-refractivity contribution in [3.8, 4) is 0 Å². The first-order chi connectivity index (χ1) is 14.1. The highest BCUT2D eigenvalue weighted by atomic mass is 32.2. The van der Waals surface area contributed by atoms with Crippen LogP contribution in [-0.2, 0) is 16.8 Å². The predicted octanol–water partition coefficient (Wildman–Crippen LogP) is 4.39. The van der Waals surface area contributed by atoms with Gasteiger partial charge in [-0.25, -0.2) is 4.98 Å². The SMILES string of the molecule is CC(C)n1c(CCNC(=O)CC2(n3cccc3)CCSCC2)nc2ccccc21. The molecule has 0 atom stereocenters. The van der Waals surface area contributed by atoms with Crippen molar-refractivity contribution >= 4 is 28.7 Å². The van der Waals surface area contributed by atoms with Crippen molar-refractivity contribution in [2.45, 2.75) is 51.1 Å². The summed E-state index contributed by atoms with van der Waals surface area (Å²) in [5.41, 5.74) is 2.10. The fourth-order valence-electron chi connectivity index (χ4n) is 4.45. The van der Waals surface area contributed by atoms with Gasteiger partial charge in [0.1, 0.15) is 5.82 Å². The molecule has 1 aliphatic heterocycles. The van der Waals surface area contributed by atoms with Gasteiger partial charge in [0.05, 0.1) is 23.0 Å². The third-order valence-electron chi connectivity index (χ3n) is 5.92. The molecule has 0 unspecified atom stereocenters. The quantitative estimate of drug-likeness (QED) is 0.628. The fourth-order valence-corrected chi connectivity index (χ4v) is 5.70. The average molecular weight is 411 g/mol. The van der Waals surface area contributed by atoms with E-state index < -0.39 is 0 Å². The second-order valence-corrected chi connectivity index (χ2v) is 9.41. The molecule has 29 heavy (non-hydrogen) atoms. The van der Waals surface area contributed by atoms with Crippen LogP contribution in [0.4, 0.5) is 0 Å². The molecule has 0 bridgehead atoms. The van der Waals surface area contributed by atoms with Gasteiger partial charge in [0, 0.05) is 31.4 Å². The van der Waals surface area contributed by atoms with Crippen molar-refractivity contribution in [1.29, 1.82) is 0 Å². The Morgan fingerprint density at radius 3 is 2.62 bits per heavy atom. The molecule has 0 spiro atoms. The Kier molecular flexibility index (Phi) is 5.99. The van der Waals surface area contributed by atoms with Gasteiger partial charge in [-0.3, -0.25) is 4.79 Å². The highest BCUT2D eigenvalue weighted by Crippen LogP contribution is 2.36. The van der Waals surface area contributed by atoms with Crippen molar-refractivity contribution in [2.75, 3.05) is 18.1 Å². The summed E-state index contributed by atoms with van der Waals surface area (Å²) in [6.07, 6.45) is 7.59. The molecule has 0 aliphatic carbocycles. The Bertz CT molecular complexity index is 955. The number of thioether (sulfide) groups is 1. The zero-order valence-electron chi connectivity index (χ0n) is 17.3. The van der Waals surface area contributed by atoms with Gasteiger partial charge in [-0.15, -0.1) is 0 Å². The summed E-state index contributed by atoms with van der Waals surface area (Å²) in [5, 5.41) is 3.16. The number of carbonyl (C=O) groups is 1. The van der Waals surface area contributed by atoms with E-state index in [4.69, 9.17) is 4.98 Å². The molecule has 3 heterocycles. The van der Waals surface area contributed by atoms with Crippen LogP contribution in [0.2, 0.25) is 0 Å². The molecule has 1 aliphatic rings. The summed E-state index contributed by atoms with van der Waals surface area (Å²) in [5.74, 6) is 3.40. The number of aromatic nitrogens is 3. The van der Waals surface area contributed by atoms with Gasteiger partial charge < -0.3 is 14.5 Å². The fraction of sp³-hybridized carbons (Fsp3) is 0.478. The van der Waals surface area contributed by atoms with E-state index >= 15 is 0 Å². The Hall–Kier alpha value is -2.21. The van der Waals surface area contributed by atoms with Crippen LogP contribution in [0.5, 0.6) is 0 Å². The van der Waals surface area contributed by atoms with Crippen LogP contribution in [0.3, 0.4) is 0 Å². The monoisotopic (exact) mass is 410 g/mol. The maximum atomic E-state index is 12.8. The van der Waals surface area contributed by atoms with E-state index in [2.05, 4.69) is 71.0 Å². The van der Waals surface area contributed by atoms with Crippen molar-refractivity contribution in [3.63, 3.8) is 0 Å². The number of imidazole rings is 1. The zero-order chi connectivity index (χ0) is 20.3. The van der Waals surface area contributed by atoms with Gasteiger partial charge in [-0.05, 0) is 62.5 Å². The van der Waals surface area contributed by atoms with Crippen molar-refractivity contribution < 1.29 is 4.79 Å². The molecule has 1 aromatic carbocycles. The van der Waals surface area contributed by atoms with Crippen LogP contribution in [-0.4, -0.2) is 38.1 Å². The van der Waals surface area contributed by atoms with Crippen LogP contribution >= 0.6 is 11.8 Å². The normalized spacial score (nSPS) is 16.4. The van der Waals surface area contributed by atoms with Crippen molar-refractivity contribution in [1.82, 2.24) is 19.4 Å². The first-order valence-electron chi connectivity index (χ1n) is 10.5. The van der Waals surface area contributed by atoms with Gasteiger partial charge in [0.25, 0.3) is 0 Å². The zero-order valence-corrected chi connectivity index (χ0v) is 18.1. The average Bonchev–Trinajstić information content (AvgIpc) is 3.37. The molecule has 1 amide bonds. The van der Waals surface area contributed by atoms with E-state index in [1.807, 2.05) is 17.8 Å². The predicted molar refractivity (Wildman–Crippen MR) is 120 cm³/mol. The molecular formula is C23H30N4OS. The lowest BCUT2D eigenvalue weighted by molar-refractivity contribution is -0.123. The van der Waals surface area contributed by atoms with Crippen LogP contribution in [0.15, 0.2) is 48.8 Å². The van der Waals surface area contributed by atoms with Gasteiger partial charge in [-0.1, -0.05) is 12.1 Å². The molecule has 4 rings (SSSR count). The Morgan fingerprint density at radius 2 is 1.90 bits per heavy atom. The number of rotatable bonds is 7. The number of carbonyl (C=O) groups excluding carboxylic acids is 1. The molecule has 6 heteroatoms. The largest absolute Gasteiger partial charge is 0.356 e. The van der Waals surface area contributed by atoms with E-state index in [0.29, 0.717) is 19.0 Å². The smallest absolute Gasteiger partial charge is 0.222 e. The van der Waals surface area contributed by atoms with Crippen LogP contribution in [0, 0.1) is 0 Å². The number of fused-ring (bicyclic) bond motifs is 1. The topological polar surface area (TPSA) is 51.9 Å². The van der Waals surface area contributed by atoms with Crippen LogP contribution < -0.4 is 5.32 Å². The minimum atomic E-state index is -0.0795. The molecule has 1 fully saturated rings. The summed E-state index contributed by atoms with van der Waals surface area (Å²) in [6, 6.07) is 12.7. The second kappa shape index (κ2) is 8.66. The van der Waals surface area contributed by atoms with Gasteiger partial charge in [0.2, 0.25) is 5.91 Å². The lowest BCUT2D eigenvalue weighted by atomic mass is 9.87. The minimum absolute atomic E-state index is 0.0795. The van der Waals surface area contributed by atoms with Gasteiger partial charge >= 0.3 is 0 Å². The van der Waals surface area contributed by atoms with E-state index in [0.717, 1.165) is 47.6 Å². The maximum absolute atomic E-state index is 12.8. The Morgan fingerprint density at radius 1 is 1.17 bits per heavy atom. The molecule has 0 radical (unpaired) electrons. The van der Waals surface area contributed by atoms with Crippen molar-refractivity contribution in [3.05, 3.63) is 54.6 Å². The number of nitrogens with zero attached hydrogens (tertiary/aromatic N) is 3. The van der Waals surface area contributed by atoms with Gasteiger partial charge in [0.15, 0.2) is 0 Å². The third-order valence-corrected chi connectivity index (χ3v) is 6.91. The highest BCUT2D eigenvalue weighted by molar-refractivity contribution is 7.99. The summed E-state index contributed by atoms with van der Waals surface area (Å²) in [4.78, 5) is 17.6. The van der Waals surface area contributed by atoms with E-state index in [-0.39, 0.29) is 11.4 Å². The van der Waals surface area contributed by atoms with Crippen molar-refractivity contribution in [2.24, 2.45) is 0 Å². The van der Waals surface area contributed by atoms with Crippen LogP contribution in [0.1, 0.15) is 45.0 Å². The molecular weight excluding hydrogens is 380 g/mol. The third kappa shape index (κ3) is 4.22. The minimum Gasteiger partial charge on any atom is -0.356 e. The van der Waals surface area contributed by atoms with Gasteiger partial charge in [-0.2, -0.15) is 11.8 Å². The number of nitrogens with one attached hydrogen (secondary N) is 1. The summed E-state index contributed by atoms with van der Waals surface area (Å²) >= 11 is 1.99. The molecule has 5 nitrogen and oxygen atoms in total. The molecule has 1 saturated heterocycles. The number of para-hydroxylation sites is 2. The second-order valence-electron chi connectivity index (χ2n) is 8.18. The lowest BCUT2D eigenvalue weighted by Crippen LogP contribution is -2.42. The number of benzene rings is 1. The lowest BCUT2D eigenvalue weighted by Gasteiger charge is -2.38. The number of amides is 1. The van der Waals surface area contributed by atoms with E-state index in [1.165, 1.54) is 0 Å². The van der Waals surface area contributed by atoms with E-state index in [1.54, 1.807) is 0 Å². The first kappa shape index (κ1) is 20.1. The summed E-state index contributed by atoms with van der Waals surface area (Å²) in [6.45, 7) is 4.97. The van der Waals surface area contributed by atoms with E-state index in [9.17, 15) is 4.79 Å². The molecule has 2 aromatic heterocycles. The first-order valence-corrected chi connectivity index (χ1v) is 11.7. The summed E-state index contributed by atoms with van der Waals surface area (Å²) < 4.78 is 4.53. The molecule has 0 saturated carbocycles. The number of hydrogen-bond acceptors (Lipinski definition) is 3.